The van der Waals surface area contributed by atoms with Crippen LogP contribution in [0, 0.1) is 0 Å². The van der Waals surface area contributed by atoms with Gasteiger partial charge in [0.25, 0.3) is 0 Å². The fourth-order valence-electron chi connectivity index (χ4n) is 1.40. The van der Waals surface area contributed by atoms with Crippen LogP contribution in [0.2, 0.25) is 0 Å². The van der Waals surface area contributed by atoms with Crippen LogP contribution in [0.3, 0.4) is 0 Å². The van der Waals surface area contributed by atoms with E-state index >= 15 is 0 Å². The SMILES string of the molecule is CCCCCCC(O)OCCCCC. The first-order valence-electron chi connectivity index (χ1n) is 6.11. The van der Waals surface area contributed by atoms with E-state index in [1.54, 1.807) is 0 Å². The maximum absolute atomic E-state index is 9.43. The summed E-state index contributed by atoms with van der Waals surface area (Å²) in [6.45, 7) is 5.07. The summed E-state index contributed by atoms with van der Waals surface area (Å²) in [5.74, 6) is 0. The van der Waals surface area contributed by atoms with E-state index in [1.165, 1.54) is 32.1 Å². The van der Waals surface area contributed by atoms with E-state index in [1.807, 2.05) is 0 Å². The van der Waals surface area contributed by atoms with E-state index < -0.39 is 6.29 Å². The number of hydrogen-bond acceptors (Lipinski definition) is 2. The van der Waals surface area contributed by atoms with Crippen LogP contribution in [-0.4, -0.2) is 18.0 Å². The van der Waals surface area contributed by atoms with Crippen molar-refractivity contribution in [3.8, 4) is 0 Å². The summed E-state index contributed by atoms with van der Waals surface area (Å²) >= 11 is 0. The first kappa shape index (κ1) is 13.9. The normalized spacial score (nSPS) is 13.1. The summed E-state index contributed by atoms with van der Waals surface area (Å²) in [6, 6.07) is 0. The van der Waals surface area contributed by atoms with Crippen LogP contribution in [0.4, 0.5) is 0 Å². The van der Waals surface area contributed by atoms with Gasteiger partial charge in [0.05, 0.1) is 0 Å². The summed E-state index contributed by atoms with van der Waals surface area (Å²) in [6.07, 6.45) is 8.56. The van der Waals surface area contributed by atoms with Gasteiger partial charge in [-0.2, -0.15) is 0 Å². The molecule has 0 aliphatic carbocycles. The number of hydrogen-bond donors (Lipinski definition) is 1. The molecule has 0 aliphatic rings. The van der Waals surface area contributed by atoms with E-state index in [0.29, 0.717) is 6.61 Å². The lowest BCUT2D eigenvalue weighted by molar-refractivity contribution is -0.105. The molecule has 0 spiro atoms. The van der Waals surface area contributed by atoms with Crippen LogP contribution in [0.5, 0.6) is 0 Å². The van der Waals surface area contributed by atoms with Crippen LogP contribution < -0.4 is 0 Å². The lowest BCUT2D eigenvalue weighted by atomic mass is 10.1. The number of rotatable bonds is 10. The minimum atomic E-state index is -0.524. The summed E-state index contributed by atoms with van der Waals surface area (Å²) in [5, 5.41) is 9.43. The lowest BCUT2D eigenvalue weighted by Crippen LogP contribution is -2.12. The molecular weight excluding hydrogens is 176 g/mol. The zero-order valence-corrected chi connectivity index (χ0v) is 9.80. The van der Waals surface area contributed by atoms with Gasteiger partial charge in [0.2, 0.25) is 0 Å². The van der Waals surface area contributed by atoms with Gasteiger partial charge < -0.3 is 9.84 Å². The van der Waals surface area contributed by atoms with Crippen LogP contribution in [0.1, 0.15) is 65.2 Å². The highest BCUT2D eigenvalue weighted by Crippen LogP contribution is 2.07. The molecule has 2 nitrogen and oxygen atoms in total. The van der Waals surface area contributed by atoms with Gasteiger partial charge in [-0.15, -0.1) is 0 Å². The maximum Gasteiger partial charge on any atom is 0.154 e. The minimum Gasteiger partial charge on any atom is -0.368 e. The summed E-state index contributed by atoms with van der Waals surface area (Å²) in [4.78, 5) is 0. The van der Waals surface area contributed by atoms with Gasteiger partial charge in [0.15, 0.2) is 6.29 Å². The Bertz CT molecular complexity index is 92.5. The molecule has 1 unspecified atom stereocenters. The van der Waals surface area contributed by atoms with Crippen molar-refractivity contribution in [3.63, 3.8) is 0 Å². The van der Waals surface area contributed by atoms with Crippen LogP contribution in [0.15, 0.2) is 0 Å². The Kier molecular flexibility index (Phi) is 10.9. The molecular formula is C12H26O2. The van der Waals surface area contributed by atoms with Crippen LogP contribution in [0.25, 0.3) is 0 Å². The van der Waals surface area contributed by atoms with Crippen molar-refractivity contribution in [1.82, 2.24) is 0 Å². The quantitative estimate of drug-likeness (QED) is 0.434. The van der Waals surface area contributed by atoms with Crippen molar-refractivity contribution >= 4 is 0 Å². The van der Waals surface area contributed by atoms with Crippen LogP contribution in [-0.2, 0) is 4.74 Å². The Morgan fingerprint density at radius 1 is 0.929 bits per heavy atom. The number of aliphatic hydroxyl groups excluding tert-OH is 1. The first-order valence-corrected chi connectivity index (χ1v) is 6.11. The molecule has 0 amide bonds. The number of unbranched alkanes of at least 4 members (excludes halogenated alkanes) is 5. The zero-order chi connectivity index (χ0) is 10.6. The van der Waals surface area contributed by atoms with Gasteiger partial charge in [0, 0.05) is 6.61 Å². The molecule has 0 heterocycles. The molecule has 0 radical (unpaired) electrons. The number of aliphatic hydroxyl groups is 1. The standard InChI is InChI=1S/C12H26O2/c1-3-5-7-8-10-12(13)14-11-9-6-4-2/h12-13H,3-11H2,1-2H3. The summed E-state index contributed by atoms with van der Waals surface area (Å²) in [7, 11) is 0. The van der Waals surface area contributed by atoms with Crippen molar-refractivity contribution in [3.05, 3.63) is 0 Å². The predicted molar refractivity (Wildman–Crippen MR) is 60.2 cm³/mol. The highest BCUT2D eigenvalue weighted by molar-refractivity contribution is 4.46. The Labute approximate surface area is 88.7 Å². The minimum absolute atomic E-state index is 0.524. The molecule has 1 N–H and O–H groups in total. The highest BCUT2D eigenvalue weighted by Gasteiger charge is 2.02. The van der Waals surface area contributed by atoms with Crippen LogP contribution >= 0.6 is 0 Å². The molecule has 0 aromatic rings. The van der Waals surface area contributed by atoms with Gasteiger partial charge in [-0.1, -0.05) is 46.0 Å². The fraction of sp³-hybridized carbons (Fsp3) is 1.00. The second kappa shape index (κ2) is 11.0. The highest BCUT2D eigenvalue weighted by atomic mass is 16.6. The van der Waals surface area contributed by atoms with E-state index in [-0.39, 0.29) is 0 Å². The van der Waals surface area contributed by atoms with E-state index in [9.17, 15) is 5.11 Å². The largest absolute Gasteiger partial charge is 0.368 e. The summed E-state index contributed by atoms with van der Waals surface area (Å²) in [5.41, 5.74) is 0. The van der Waals surface area contributed by atoms with Gasteiger partial charge in [-0.3, -0.25) is 0 Å². The Balaban J connectivity index is 3.07. The molecule has 0 aliphatic heterocycles. The zero-order valence-electron chi connectivity index (χ0n) is 9.80. The maximum atomic E-state index is 9.43. The molecule has 0 bridgehead atoms. The third-order valence-corrected chi connectivity index (χ3v) is 2.36. The molecule has 1 atom stereocenters. The van der Waals surface area contributed by atoms with Crippen molar-refractivity contribution in [2.75, 3.05) is 6.61 Å². The third kappa shape index (κ3) is 10.0. The topological polar surface area (TPSA) is 29.5 Å². The monoisotopic (exact) mass is 202 g/mol. The molecule has 2 heteroatoms. The molecule has 0 aromatic carbocycles. The Morgan fingerprint density at radius 2 is 1.57 bits per heavy atom. The lowest BCUT2D eigenvalue weighted by Gasteiger charge is -2.11. The smallest absolute Gasteiger partial charge is 0.154 e. The van der Waals surface area contributed by atoms with Gasteiger partial charge in [-0.05, 0) is 19.3 Å². The fourth-order valence-corrected chi connectivity index (χ4v) is 1.40. The second-order valence-corrected chi connectivity index (χ2v) is 3.88. The Morgan fingerprint density at radius 3 is 2.21 bits per heavy atom. The van der Waals surface area contributed by atoms with Gasteiger partial charge in [0.1, 0.15) is 0 Å². The van der Waals surface area contributed by atoms with E-state index in [0.717, 1.165) is 19.3 Å². The van der Waals surface area contributed by atoms with E-state index in [4.69, 9.17) is 4.74 Å². The van der Waals surface area contributed by atoms with Crippen molar-refractivity contribution in [2.24, 2.45) is 0 Å². The predicted octanol–water partition coefficient (Wildman–Crippen LogP) is 3.48. The van der Waals surface area contributed by atoms with Crippen molar-refractivity contribution in [1.29, 1.82) is 0 Å². The molecule has 86 valence electrons. The number of ether oxygens (including phenoxy) is 1. The van der Waals surface area contributed by atoms with E-state index in [2.05, 4.69) is 13.8 Å². The third-order valence-electron chi connectivity index (χ3n) is 2.36. The second-order valence-electron chi connectivity index (χ2n) is 3.88. The molecule has 0 saturated heterocycles. The molecule has 0 aromatic heterocycles. The van der Waals surface area contributed by atoms with Crippen molar-refractivity contribution < 1.29 is 9.84 Å². The average Bonchev–Trinajstić information content (AvgIpc) is 2.19. The van der Waals surface area contributed by atoms with Gasteiger partial charge in [-0.25, -0.2) is 0 Å². The first-order chi connectivity index (χ1) is 6.81. The van der Waals surface area contributed by atoms with Crippen molar-refractivity contribution in [2.45, 2.75) is 71.5 Å². The molecule has 14 heavy (non-hydrogen) atoms. The molecule has 0 rings (SSSR count). The van der Waals surface area contributed by atoms with Gasteiger partial charge >= 0.3 is 0 Å². The Hall–Kier alpha value is -0.0800. The summed E-state index contributed by atoms with van der Waals surface area (Å²) < 4.78 is 5.28. The molecule has 0 fully saturated rings. The molecule has 0 saturated carbocycles. The average molecular weight is 202 g/mol.